The molecule has 0 unspecified atom stereocenters. The van der Waals surface area contributed by atoms with Crippen molar-refractivity contribution >= 4 is 5.69 Å². The van der Waals surface area contributed by atoms with Crippen LogP contribution in [0.4, 0.5) is 5.69 Å². The summed E-state index contributed by atoms with van der Waals surface area (Å²) in [5.74, 6) is 0.748. The monoisotopic (exact) mass is 267 g/mol. The van der Waals surface area contributed by atoms with Gasteiger partial charge in [0.25, 0.3) is 0 Å². The molecule has 3 rings (SSSR count). The number of tetrazole rings is 1. The van der Waals surface area contributed by atoms with E-state index in [0.717, 1.165) is 22.9 Å². The quantitative estimate of drug-likeness (QED) is 0.769. The first-order valence-corrected chi connectivity index (χ1v) is 6.17. The summed E-state index contributed by atoms with van der Waals surface area (Å²) in [5, 5.41) is 14.8. The Morgan fingerprint density at radius 3 is 2.95 bits per heavy atom. The topological polar surface area (TPSA) is 81.4 Å². The Labute approximate surface area is 115 Å². The number of benzene rings is 1. The van der Waals surface area contributed by atoms with Crippen molar-refractivity contribution in [2.45, 2.75) is 13.5 Å². The molecule has 7 nitrogen and oxygen atoms in total. The maximum absolute atomic E-state index is 4.17. The normalized spacial score (nSPS) is 10.4. The van der Waals surface area contributed by atoms with E-state index in [4.69, 9.17) is 0 Å². The molecule has 0 atom stereocenters. The van der Waals surface area contributed by atoms with Gasteiger partial charge in [-0.1, -0.05) is 6.07 Å². The molecule has 0 aliphatic carbocycles. The van der Waals surface area contributed by atoms with E-state index in [2.05, 4.69) is 30.8 Å². The van der Waals surface area contributed by atoms with Crippen LogP contribution >= 0.6 is 0 Å². The molecule has 0 saturated heterocycles. The smallest absolute Gasteiger partial charge is 0.153 e. The molecule has 0 amide bonds. The molecule has 20 heavy (non-hydrogen) atoms. The highest BCUT2D eigenvalue weighted by Crippen LogP contribution is 2.15. The SMILES string of the molecule is Cc1nnnn1-c1cccc(NCc2ccncn2)c1. The second-order valence-electron chi connectivity index (χ2n) is 4.24. The van der Waals surface area contributed by atoms with E-state index in [0.29, 0.717) is 6.54 Å². The summed E-state index contributed by atoms with van der Waals surface area (Å²) in [6, 6.07) is 9.77. The van der Waals surface area contributed by atoms with Crippen LogP contribution in [-0.2, 0) is 6.54 Å². The molecular formula is C13H13N7. The fraction of sp³-hybridized carbons (Fsp3) is 0.154. The van der Waals surface area contributed by atoms with Crippen molar-refractivity contribution in [3.8, 4) is 5.69 Å². The van der Waals surface area contributed by atoms with Crippen molar-refractivity contribution in [2.75, 3.05) is 5.32 Å². The second-order valence-corrected chi connectivity index (χ2v) is 4.24. The van der Waals surface area contributed by atoms with Gasteiger partial charge >= 0.3 is 0 Å². The summed E-state index contributed by atoms with van der Waals surface area (Å²) in [6.45, 7) is 2.50. The van der Waals surface area contributed by atoms with Crippen molar-refractivity contribution < 1.29 is 0 Å². The van der Waals surface area contributed by atoms with E-state index < -0.39 is 0 Å². The minimum absolute atomic E-state index is 0.639. The predicted octanol–water partition coefficient (Wildman–Crippen LogP) is 1.37. The Bertz CT molecular complexity index is 693. The summed E-state index contributed by atoms with van der Waals surface area (Å²) in [6.07, 6.45) is 3.27. The lowest BCUT2D eigenvalue weighted by Crippen LogP contribution is -2.04. The van der Waals surface area contributed by atoms with Gasteiger partial charge in [-0.15, -0.1) is 5.10 Å². The van der Waals surface area contributed by atoms with E-state index in [1.54, 1.807) is 10.9 Å². The van der Waals surface area contributed by atoms with Crippen molar-refractivity contribution in [1.82, 2.24) is 30.2 Å². The zero-order valence-corrected chi connectivity index (χ0v) is 10.9. The van der Waals surface area contributed by atoms with E-state index in [-0.39, 0.29) is 0 Å². The van der Waals surface area contributed by atoms with Gasteiger partial charge in [-0.05, 0) is 41.6 Å². The highest BCUT2D eigenvalue weighted by atomic mass is 15.5. The minimum Gasteiger partial charge on any atom is -0.379 e. The molecule has 1 aromatic carbocycles. The lowest BCUT2D eigenvalue weighted by atomic mass is 10.2. The molecule has 3 aromatic rings. The molecule has 0 saturated carbocycles. The van der Waals surface area contributed by atoms with Crippen LogP contribution in [0.1, 0.15) is 11.5 Å². The Morgan fingerprint density at radius 2 is 2.20 bits per heavy atom. The summed E-state index contributed by atoms with van der Waals surface area (Å²) < 4.78 is 1.69. The average Bonchev–Trinajstić information content (AvgIpc) is 2.93. The second kappa shape index (κ2) is 5.43. The van der Waals surface area contributed by atoms with Gasteiger partial charge in [0.05, 0.1) is 17.9 Å². The van der Waals surface area contributed by atoms with Gasteiger partial charge in [-0.2, -0.15) is 4.68 Å². The van der Waals surface area contributed by atoms with E-state index in [1.807, 2.05) is 37.3 Å². The van der Waals surface area contributed by atoms with Gasteiger partial charge in [0.15, 0.2) is 5.82 Å². The van der Waals surface area contributed by atoms with Crippen molar-refractivity contribution in [3.05, 3.63) is 54.4 Å². The number of aromatic nitrogens is 6. The fourth-order valence-corrected chi connectivity index (χ4v) is 1.83. The zero-order chi connectivity index (χ0) is 13.8. The largest absolute Gasteiger partial charge is 0.379 e. The van der Waals surface area contributed by atoms with Gasteiger partial charge in [0.2, 0.25) is 0 Å². The first-order valence-electron chi connectivity index (χ1n) is 6.17. The summed E-state index contributed by atoms with van der Waals surface area (Å²) in [5.41, 5.74) is 2.83. The molecule has 2 heterocycles. The standard InChI is InChI=1S/C13H13N7/c1-10-17-18-19-20(10)13-4-2-3-11(7-13)15-8-12-5-6-14-9-16-12/h2-7,9,15H,8H2,1H3. The maximum atomic E-state index is 4.17. The first kappa shape index (κ1) is 12.2. The van der Waals surface area contributed by atoms with Crippen LogP contribution in [0.25, 0.3) is 5.69 Å². The lowest BCUT2D eigenvalue weighted by molar-refractivity contribution is 0.779. The average molecular weight is 267 g/mol. The highest BCUT2D eigenvalue weighted by molar-refractivity contribution is 5.51. The van der Waals surface area contributed by atoms with E-state index in [9.17, 15) is 0 Å². The number of hydrogen-bond donors (Lipinski definition) is 1. The number of hydrogen-bond acceptors (Lipinski definition) is 6. The maximum Gasteiger partial charge on any atom is 0.153 e. The summed E-state index contributed by atoms with van der Waals surface area (Å²) in [7, 11) is 0. The van der Waals surface area contributed by atoms with Crippen molar-refractivity contribution in [2.24, 2.45) is 0 Å². The molecule has 0 bridgehead atoms. The Kier molecular flexibility index (Phi) is 3.32. The molecule has 0 aliphatic rings. The highest BCUT2D eigenvalue weighted by Gasteiger charge is 2.04. The minimum atomic E-state index is 0.639. The van der Waals surface area contributed by atoms with Crippen LogP contribution in [0.5, 0.6) is 0 Å². The van der Waals surface area contributed by atoms with Crippen LogP contribution in [-0.4, -0.2) is 30.2 Å². The van der Waals surface area contributed by atoms with Gasteiger partial charge < -0.3 is 5.32 Å². The van der Waals surface area contributed by atoms with Crippen LogP contribution in [0.15, 0.2) is 42.9 Å². The number of nitrogens with one attached hydrogen (secondary N) is 1. The first-order chi connectivity index (χ1) is 9.83. The fourth-order valence-electron chi connectivity index (χ4n) is 1.83. The molecule has 0 radical (unpaired) electrons. The van der Waals surface area contributed by atoms with Gasteiger partial charge in [-0.3, -0.25) is 0 Å². The molecule has 0 aliphatic heterocycles. The van der Waals surface area contributed by atoms with Gasteiger partial charge in [0.1, 0.15) is 6.33 Å². The van der Waals surface area contributed by atoms with Gasteiger partial charge in [0, 0.05) is 11.9 Å². The third-order valence-corrected chi connectivity index (χ3v) is 2.83. The Hall–Kier alpha value is -2.83. The summed E-state index contributed by atoms with van der Waals surface area (Å²) in [4.78, 5) is 8.06. The number of anilines is 1. The zero-order valence-electron chi connectivity index (χ0n) is 10.9. The van der Waals surface area contributed by atoms with E-state index >= 15 is 0 Å². The van der Waals surface area contributed by atoms with E-state index in [1.165, 1.54) is 6.33 Å². The predicted molar refractivity (Wildman–Crippen MR) is 73.2 cm³/mol. The number of nitrogens with zero attached hydrogens (tertiary/aromatic N) is 6. The summed E-state index contributed by atoms with van der Waals surface area (Å²) >= 11 is 0. The molecule has 100 valence electrons. The lowest BCUT2D eigenvalue weighted by Gasteiger charge is -2.08. The number of aryl methyl sites for hydroxylation is 1. The molecule has 7 heteroatoms. The molecule has 0 fully saturated rings. The number of rotatable bonds is 4. The Balaban J connectivity index is 1.77. The molecule has 2 aromatic heterocycles. The van der Waals surface area contributed by atoms with Crippen LogP contribution in [0.3, 0.4) is 0 Å². The third-order valence-electron chi connectivity index (χ3n) is 2.83. The van der Waals surface area contributed by atoms with Crippen LogP contribution < -0.4 is 5.32 Å². The third kappa shape index (κ3) is 2.61. The van der Waals surface area contributed by atoms with Crippen molar-refractivity contribution in [3.63, 3.8) is 0 Å². The van der Waals surface area contributed by atoms with Crippen LogP contribution in [0, 0.1) is 6.92 Å². The van der Waals surface area contributed by atoms with Gasteiger partial charge in [-0.25, -0.2) is 9.97 Å². The van der Waals surface area contributed by atoms with Crippen molar-refractivity contribution in [1.29, 1.82) is 0 Å². The Morgan fingerprint density at radius 1 is 1.25 bits per heavy atom. The molecule has 0 spiro atoms. The molecular weight excluding hydrogens is 254 g/mol. The van der Waals surface area contributed by atoms with Crippen LogP contribution in [0.2, 0.25) is 0 Å². The molecule has 1 N–H and O–H groups in total.